The van der Waals surface area contributed by atoms with E-state index >= 15 is 0 Å². The molecule has 1 aromatic carbocycles. The van der Waals surface area contributed by atoms with Gasteiger partial charge >= 0.3 is 0 Å². The van der Waals surface area contributed by atoms with E-state index in [1.165, 1.54) is 22.3 Å². The Bertz CT molecular complexity index is 646. The van der Waals surface area contributed by atoms with E-state index in [1.54, 1.807) is 0 Å². The molecule has 0 fully saturated rings. The minimum atomic E-state index is 0. The average Bonchev–Trinajstić information content (AvgIpc) is 2.76. The number of fused-ring (bicyclic) bond motifs is 1. The van der Waals surface area contributed by atoms with Gasteiger partial charge in [0.15, 0.2) is 0 Å². The molecule has 0 spiro atoms. The van der Waals surface area contributed by atoms with Crippen LogP contribution in [-0.4, -0.2) is 15.0 Å². The van der Waals surface area contributed by atoms with Crippen molar-refractivity contribution in [3.63, 3.8) is 0 Å². The quantitative estimate of drug-likeness (QED) is 0.886. The topological polar surface area (TPSA) is 76.7 Å². The van der Waals surface area contributed by atoms with Crippen LogP contribution >= 0.6 is 0 Å². The maximum Gasteiger partial charge on any atom is 0.228 e. The number of benzene rings is 1. The summed E-state index contributed by atoms with van der Waals surface area (Å²) >= 11 is 0. The second-order valence-electron chi connectivity index (χ2n) is 5.38. The SMILES string of the molecule is C.Cc1nc(N)nc(NC2CCc3ccc(C)c(C)c32)n1. The van der Waals surface area contributed by atoms with Crippen LogP contribution in [-0.2, 0) is 6.42 Å². The summed E-state index contributed by atoms with van der Waals surface area (Å²) in [5.74, 6) is 1.46. The highest BCUT2D eigenvalue weighted by Crippen LogP contribution is 2.36. The standard InChI is InChI=1S/C15H19N5.CH4/c1-8-4-5-11-6-7-12(13(11)9(8)2)19-15-18-10(3)17-14(16)20-15;/h4-5,12H,6-7H2,1-3H3,(H3,16,17,18,19,20);1H4. The van der Waals surface area contributed by atoms with Crippen molar-refractivity contribution in [3.8, 4) is 0 Å². The Balaban J connectivity index is 0.00000161. The van der Waals surface area contributed by atoms with Crippen LogP contribution in [0.1, 0.15) is 48.0 Å². The van der Waals surface area contributed by atoms with Crippen LogP contribution in [0, 0.1) is 20.8 Å². The fourth-order valence-electron chi connectivity index (χ4n) is 2.91. The number of nitrogens with two attached hydrogens (primary N) is 1. The van der Waals surface area contributed by atoms with Gasteiger partial charge in [-0.05, 0) is 55.9 Å². The second kappa shape index (κ2) is 5.68. The van der Waals surface area contributed by atoms with Gasteiger partial charge in [-0.25, -0.2) is 0 Å². The summed E-state index contributed by atoms with van der Waals surface area (Å²) < 4.78 is 0. The molecule has 0 amide bonds. The van der Waals surface area contributed by atoms with Gasteiger partial charge < -0.3 is 11.1 Å². The Morgan fingerprint density at radius 2 is 1.90 bits per heavy atom. The van der Waals surface area contributed by atoms with Gasteiger partial charge in [0.25, 0.3) is 0 Å². The van der Waals surface area contributed by atoms with Gasteiger partial charge in [0.05, 0.1) is 6.04 Å². The van der Waals surface area contributed by atoms with E-state index in [4.69, 9.17) is 5.73 Å². The number of hydrogen-bond donors (Lipinski definition) is 2. The summed E-state index contributed by atoms with van der Waals surface area (Å²) in [5.41, 5.74) is 11.2. The number of rotatable bonds is 2. The van der Waals surface area contributed by atoms with Crippen molar-refractivity contribution in [1.29, 1.82) is 0 Å². The summed E-state index contributed by atoms with van der Waals surface area (Å²) in [4.78, 5) is 12.5. The fourth-order valence-corrected chi connectivity index (χ4v) is 2.91. The summed E-state index contributed by atoms with van der Waals surface area (Å²) in [6.45, 7) is 6.15. The molecule has 3 N–H and O–H groups in total. The van der Waals surface area contributed by atoms with Crippen molar-refractivity contribution in [2.45, 2.75) is 47.1 Å². The van der Waals surface area contributed by atoms with Crippen LogP contribution in [0.15, 0.2) is 12.1 Å². The van der Waals surface area contributed by atoms with Gasteiger partial charge in [0.2, 0.25) is 11.9 Å². The highest BCUT2D eigenvalue weighted by molar-refractivity contribution is 5.48. The number of aryl methyl sites for hydroxylation is 3. The molecule has 1 aliphatic carbocycles. The zero-order valence-corrected chi connectivity index (χ0v) is 12.1. The smallest absolute Gasteiger partial charge is 0.228 e. The van der Waals surface area contributed by atoms with Crippen molar-refractivity contribution in [1.82, 2.24) is 15.0 Å². The number of nitrogen functional groups attached to an aromatic ring is 1. The van der Waals surface area contributed by atoms with Gasteiger partial charge in [0, 0.05) is 0 Å². The largest absolute Gasteiger partial charge is 0.368 e. The third-order valence-corrected chi connectivity index (χ3v) is 3.99. The first kappa shape index (κ1) is 15.2. The first-order valence-electron chi connectivity index (χ1n) is 6.88. The summed E-state index contributed by atoms with van der Waals surface area (Å²) in [5, 5.41) is 3.40. The van der Waals surface area contributed by atoms with E-state index in [0.29, 0.717) is 11.8 Å². The average molecular weight is 285 g/mol. The van der Waals surface area contributed by atoms with E-state index in [2.05, 4.69) is 46.2 Å². The Morgan fingerprint density at radius 1 is 1.14 bits per heavy atom. The molecule has 5 heteroatoms. The molecule has 2 aromatic rings. The first-order chi connectivity index (χ1) is 9.54. The van der Waals surface area contributed by atoms with Crippen molar-refractivity contribution in [2.24, 2.45) is 0 Å². The molecule has 0 radical (unpaired) electrons. The van der Waals surface area contributed by atoms with Crippen molar-refractivity contribution in [2.75, 3.05) is 11.1 Å². The van der Waals surface area contributed by atoms with Gasteiger partial charge in [-0.1, -0.05) is 19.6 Å². The molecule has 0 saturated carbocycles. The maximum absolute atomic E-state index is 5.68. The number of aromatic nitrogens is 3. The zero-order chi connectivity index (χ0) is 14.3. The van der Waals surface area contributed by atoms with Crippen molar-refractivity contribution < 1.29 is 0 Å². The Labute approximate surface area is 126 Å². The Kier molecular flexibility index (Phi) is 4.11. The molecule has 1 atom stereocenters. The van der Waals surface area contributed by atoms with Gasteiger partial charge in [-0.3, -0.25) is 0 Å². The van der Waals surface area contributed by atoms with E-state index in [1.807, 2.05) is 6.92 Å². The molecule has 1 aliphatic rings. The summed E-state index contributed by atoms with van der Waals surface area (Å²) in [7, 11) is 0. The molecule has 112 valence electrons. The van der Waals surface area contributed by atoms with Crippen molar-refractivity contribution in [3.05, 3.63) is 40.2 Å². The number of hydrogen-bond acceptors (Lipinski definition) is 5. The highest BCUT2D eigenvalue weighted by atomic mass is 15.2. The van der Waals surface area contributed by atoms with Gasteiger partial charge in [-0.15, -0.1) is 0 Å². The lowest BCUT2D eigenvalue weighted by Crippen LogP contribution is -2.13. The fraction of sp³-hybridized carbons (Fsp3) is 0.438. The normalized spacial score (nSPS) is 16.2. The van der Waals surface area contributed by atoms with Crippen molar-refractivity contribution >= 4 is 11.9 Å². The Hall–Kier alpha value is -2.17. The number of nitrogens with one attached hydrogen (secondary N) is 1. The minimum absolute atomic E-state index is 0. The van der Waals surface area contributed by atoms with Gasteiger partial charge in [-0.2, -0.15) is 15.0 Å². The zero-order valence-electron chi connectivity index (χ0n) is 12.1. The lowest BCUT2D eigenvalue weighted by Gasteiger charge is -2.17. The maximum atomic E-state index is 5.68. The van der Waals surface area contributed by atoms with Crippen LogP contribution in [0.5, 0.6) is 0 Å². The van der Waals surface area contributed by atoms with Crippen LogP contribution in [0.3, 0.4) is 0 Å². The first-order valence-corrected chi connectivity index (χ1v) is 6.88. The third-order valence-electron chi connectivity index (χ3n) is 3.99. The van der Waals surface area contributed by atoms with Crippen LogP contribution in [0.2, 0.25) is 0 Å². The minimum Gasteiger partial charge on any atom is -0.368 e. The second-order valence-corrected chi connectivity index (χ2v) is 5.38. The third kappa shape index (κ3) is 2.82. The summed E-state index contributed by atoms with van der Waals surface area (Å²) in [6, 6.07) is 4.68. The molecule has 1 unspecified atom stereocenters. The molecule has 5 nitrogen and oxygen atoms in total. The lowest BCUT2D eigenvalue weighted by atomic mass is 9.98. The molecule has 0 bridgehead atoms. The molecule has 1 heterocycles. The Morgan fingerprint density at radius 3 is 2.62 bits per heavy atom. The lowest BCUT2D eigenvalue weighted by molar-refractivity contribution is 0.744. The molecule has 0 aliphatic heterocycles. The van der Waals surface area contributed by atoms with E-state index < -0.39 is 0 Å². The molecule has 1 aromatic heterocycles. The van der Waals surface area contributed by atoms with E-state index in [0.717, 1.165) is 12.8 Å². The highest BCUT2D eigenvalue weighted by Gasteiger charge is 2.25. The molecule has 0 saturated heterocycles. The summed E-state index contributed by atoms with van der Waals surface area (Å²) in [6.07, 6.45) is 2.15. The number of anilines is 2. The number of nitrogens with zero attached hydrogens (tertiary/aromatic N) is 3. The molecular formula is C16H23N5. The van der Waals surface area contributed by atoms with Crippen LogP contribution < -0.4 is 11.1 Å². The predicted octanol–water partition coefficient (Wildman–Crippen LogP) is 3.11. The van der Waals surface area contributed by atoms with E-state index in [-0.39, 0.29) is 19.4 Å². The molecule has 21 heavy (non-hydrogen) atoms. The van der Waals surface area contributed by atoms with Crippen LogP contribution in [0.4, 0.5) is 11.9 Å². The molecule has 3 rings (SSSR count). The van der Waals surface area contributed by atoms with Gasteiger partial charge in [0.1, 0.15) is 5.82 Å². The molecular weight excluding hydrogens is 262 g/mol. The van der Waals surface area contributed by atoms with Crippen LogP contribution in [0.25, 0.3) is 0 Å². The predicted molar refractivity (Wildman–Crippen MR) is 86.3 cm³/mol. The van der Waals surface area contributed by atoms with E-state index in [9.17, 15) is 0 Å². The monoisotopic (exact) mass is 285 g/mol.